The molecule has 0 saturated heterocycles. The van der Waals surface area contributed by atoms with Gasteiger partial charge in [0, 0.05) is 23.6 Å². The summed E-state index contributed by atoms with van der Waals surface area (Å²) in [6.45, 7) is 2.16. The van der Waals surface area contributed by atoms with Gasteiger partial charge in [-0.2, -0.15) is 0 Å². The number of unbranched alkanes of at least 4 members (excludes halogenated alkanes) is 1. The number of carboxylic acids is 1. The summed E-state index contributed by atoms with van der Waals surface area (Å²) >= 11 is 0. The summed E-state index contributed by atoms with van der Waals surface area (Å²) in [4.78, 5) is 42.3. The fourth-order valence-electron chi connectivity index (χ4n) is 4.66. The van der Waals surface area contributed by atoms with Crippen molar-refractivity contribution in [2.45, 2.75) is 70.8 Å². The number of hydrogen-bond donors (Lipinski definition) is 3. The number of nitrogens with one attached hydrogen (secondary N) is 2. The van der Waals surface area contributed by atoms with Crippen LogP contribution in [0.3, 0.4) is 0 Å². The van der Waals surface area contributed by atoms with E-state index in [9.17, 15) is 19.5 Å². The average molecular weight is 442 g/mol. The van der Waals surface area contributed by atoms with Crippen molar-refractivity contribution in [3.8, 4) is 0 Å². The van der Waals surface area contributed by atoms with Crippen molar-refractivity contribution in [1.82, 2.24) is 15.2 Å². The van der Waals surface area contributed by atoms with Gasteiger partial charge in [0.25, 0.3) is 0 Å². The Morgan fingerprint density at radius 3 is 2.66 bits per heavy atom. The first-order valence-electron chi connectivity index (χ1n) is 11.8. The van der Waals surface area contributed by atoms with Gasteiger partial charge < -0.3 is 20.3 Å². The molecule has 1 fully saturated rings. The highest BCUT2D eigenvalue weighted by molar-refractivity contribution is 5.92. The van der Waals surface area contributed by atoms with E-state index in [0.29, 0.717) is 18.9 Å². The molecule has 1 aromatic carbocycles. The Balaban J connectivity index is 1.69. The van der Waals surface area contributed by atoms with Gasteiger partial charge in [0.15, 0.2) is 0 Å². The lowest BCUT2D eigenvalue weighted by Gasteiger charge is -2.31. The molecule has 0 unspecified atom stereocenters. The summed E-state index contributed by atoms with van der Waals surface area (Å²) in [5.41, 5.74) is 1.85. The number of hydrogen-bond acceptors (Lipinski definition) is 3. The molecule has 1 aliphatic carbocycles. The molecule has 0 bridgehead atoms. The molecule has 1 atom stereocenters. The van der Waals surface area contributed by atoms with Crippen molar-refractivity contribution in [1.29, 1.82) is 0 Å². The van der Waals surface area contributed by atoms with Gasteiger partial charge in [-0.15, -0.1) is 0 Å². The van der Waals surface area contributed by atoms with Gasteiger partial charge in [-0.25, -0.2) is 0 Å². The maximum Gasteiger partial charge on any atom is 0.323 e. The van der Waals surface area contributed by atoms with Gasteiger partial charge >= 0.3 is 5.97 Å². The zero-order chi connectivity index (χ0) is 22.9. The summed E-state index contributed by atoms with van der Waals surface area (Å²) in [5, 5.41) is 13.3. The number of aromatic amines is 1. The third kappa shape index (κ3) is 6.58. The van der Waals surface area contributed by atoms with E-state index in [1.165, 1.54) is 11.3 Å². The number of carbonyl (C=O) groups excluding carboxylic acids is 2. The third-order valence-corrected chi connectivity index (χ3v) is 6.35. The lowest BCUT2D eigenvalue weighted by Crippen LogP contribution is -2.51. The molecule has 3 rings (SSSR count). The molecule has 0 radical (unpaired) electrons. The Hall–Kier alpha value is -2.83. The molecule has 1 aromatic heterocycles. The SMILES string of the molecule is CCCC[C@H](NC(=O)Cc1c[nH]c2ccccc12)C(=O)N(CC(=O)O)CC1CCCCC1. The molecule has 32 heavy (non-hydrogen) atoms. The lowest BCUT2D eigenvalue weighted by molar-refractivity contribution is -0.146. The summed E-state index contributed by atoms with van der Waals surface area (Å²) in [6, 6.07) is 7.09. The predicted octanol–water partition coefficient (Wildman–Crippen LogP) is 3.88. The van der Waals surface area contributed by atoms with Crippen molar-refractivity contribution in [3.63, 3.8) is 0 Å². The second-order valence-corrected chi connectivity index (χ2v) is 8.92. The quantitative estimate of drug-likeness (QED) is 0.492. The fraction of sp³-hybridized carbons (Fsp3) is 0.560. The van der Waals surface area contributed by atoms with Crippen LogP contribution in [0.15, 0.2) is 30.5 Å². The van der Waals surface area contributed by atoms with Crippen LogP contribution < -0.4 is 5.32 Å². The molecule has 2 aromatic rings. The van der Waals surface area contributed by atoms with Gasteiger partial charge in [-0.1, -0.05) is 57.2 Å². The molecule has 1 aliphatic rings. The van der Waals surface area contributed by atoms with Gasteiger partial charge in [0.05, 0.1) is 6.42 Å². The monoisotopic (exact) mass is 441 g/mol. The van der Waals surface area contributed by atoms with Gasteiger partial charge in [-0.3, -0.25) is 14.4 Å². The molecule has 1 heterocycles. The normalized spacial score (nSPS) is 15.4. The minimum Gasteiger partial charge on any atom is -0.480 e. The van der Waals surface area contributed by atoms with Gasteiger partial charge in [-0.05, 0) is 36.8 Å². The highest BCUT2D eigenvalue weighted by atomic mass is 16.4. The average Bonchev–Trinajstić information content (AvgIpc) is 3.19. The van der Waals surface area contributed by atoms with Gasteiger partial charge in [0.2, 0.25) is 11.8 Å². The summed E-state index contributed by atoms with van der Waals surface area (Å²) in [7, 11) is 0. The second kappa shape index (κ2) is 11.7. The number of rotatable bonds is 11. The Morgan fingerprint density at radius 1 is 1.19 bits per heavy atom. The number of nitrogens with zero attached hydrogens (tertiary/aromatic N) is 1. The van der Waals surface area contributed by atoms with E-state index in [2.05, 4.69) is 10.3 Å². The number of carboxylic acid groups (broad SMARTS) is 1. The first-order chi connectivity index (χ1) is 15.5. The van der Waals surface area contributed by atoms with Crippen LogP contribution in [0.1, 0.15) is 63.9 Å². The second-order valence-electron chi connectivity index (χ2n) is 8.92. The van der Waals surface area contributed by atoms with Crippen LogP contribution in [-0.4, -0.2) is 51.9 Å². The van der Waals surface area contributed by atoms with Crippen LogP contribution in [0.4, 0.5) is 0 Å². The van der Waals surface area contributed by atoms with Crippen molar-refractivity contribution in [2.75, 3.05) is 13.1 Å². The van der Waals surface area contributed by atoms with Gasteiger partial charge in [0.1, 0.15) is 12.6 Å². The Morgan fingerprint density at radius 2 is 1.94 bits per heavy atom. The predicted molar refractivity (Wildman–Crippen MR) is 124 cm³/mol. The van der Waals surface area contributed by atoms with E-state index >= 15 is 0 Å². The van der Waals surface area contributed by atoms with Crippen LogP contribution >= 0.6 is 0 Å². The zero-order valence-corrected chi connectivity index (χ0v) is 18.9. The van der Waals surface area contributed by atoms with E-state index in [1.807, 2.05) is 37.4 Å². The molecule has 0 aliphatic heterocycles. The minimum atomic E-state index is -1.02. The van der Waals surface area contributed by atoms with E-state index in [4.69, 9.17) is 0 Å². The summed E-state index contributed by atoms with van der Waals surface area (Å²) in [5.74, 6) is -1.19. The maximum absolute atomic E-state index is 13.4. The molecule has 174 valence electrons. The number of para-hydroxylation sites is 1. The summed E-state index contributed by atoms with van der Waals surface area (Å²) in [6.07, 6.45) is 9.68. The van der Waals surface area contributed by atoms with Crippen LogP contribution in [0.25, 0.3) is 10.9 Å². The molecule has 2 amide bonds. The van der Waals surface area contributed by atoms with E-state index in [-0.39, 0.29) is 24.8 Å². The fourth-order valence-corrected chi connectivity index (χ4v) is 4.66. The van der Waals surface area contributed by atoms with Crippen LogP contribution in [-0.2, 0) is 20.8 Å². The smallest absolute Gasteiger partial charge is 0.323 e. The Labute approximate surface area is 189 Å². The van der Waals surface area contributed by atoms with E-state index < -0.39 is 12.0 Å². The summed E-state index contributed by atoms with van der Waals surface area (Å²) < 4.78 is 0. The zero-order valence-electron chi connectivity index (χ0n) is 18.9. The Bertz CT molecular complexity index is 917. The molecule has 3 N–H and O–H groups in total. The number of amides is 2. The van der Waals surface area contributed by atoms with Crippen molar-refractivity contribution < 1.29 is 19.5 Å². The number of benzene rings is 1. The van der Waals surface area contributed by atoms with Crippen LogP contribution in [0.5, 0.6) is 0 Å². The highest BCUT2D eigenvalue weighted by Gasteiger charge is 2.29. The highest BCUT2D eigenvalue weighted by Crippen LogP contribution is 2.25. The maximum atomic E-state index is 13.4. The van der Waals surface area contributed by atoms with E-state index in [1.54, 1.807) is 0 Å². The minimum absolute atomic E-state index is 0.168. The molecule has 0 spiro atoms. The number of aromatic nitrogens is 1. The number of carbonyl (C=O) groups is 3. The third-order valence-electron chi connectivity index (χ3n) is 6.35. The molecule has 7 heteroatoms. The molecule has 7 nitrogen and oxygen atoms in total. The van der Waals surface area contributed by atoms with Crippen molar-refractivity contribution in [2.24, 2.45) is 5.92 Å². The topological polar surface area (TPSA) is 103 Å². The molecular weight excluding hydrogens is 406 g/mol. The Kier molecular flexibility index (Phi) is 8.71. The standard InChI is InChI=1S/C25H35N3O4/c1-2-3-12-22(25(32)28(17-24(30)31)16-18-9-5-4-6-10-18)27-23(29)14-19-15-26-21-13-8-7-11-20(19)21/h7-8,11,13,15,18,22,26H,2-6,9-10,12,14,16-17H2,1H3,(H,27,29)(H,30,31)/t22-/m0/s1. The first-order valence-corrected chi connectivity index (χ1v) is 11.8. The van der Waals surface area contributed by atoms with Crippen molar-refractivity contribution >= 4 is 28.7 Å². The first kappa shape index (κ1) is 23.8. The number of aliphatic carboxylic acids is 1. The van der Waals surface area contributed by atoms with Crippen LogP contribution in [0.2, 0.25) is 0 Å². The molecular formula is C25H35N3O4. The van der Waals surface area contributed by atoms with Crippen molar-refractivity contribution in [3.05, 3.63) is 36.0 Å². The van der Waals surface area contributed by atoms with E-state index in [0.717, 1.165) is 55.0 Å². The lowest BCUT2D eigenvalue weighted by atomic mass is 9.88. The molecule has 1 saturated carbocycles. The largest absolute Gasteiger partial charge is 0.480 e. The number of fused-ring (bicyclic) bond motifs is 1. The number of H-pyrrole nitrogens is 1. The van der Waals surface area contributed by atoms with Crippen LogP contribution in [0, 0.1) is 5.92 Å².